The summed E-state index contributed by atoms with van der Waals surface area (Å²) >= 11 is 11.7. The van der Waals surface area contributed by atoms with Gasteiger partial charge >= 0.3 is 5.97 Å². The van der Waals surface area contributed by atoms with E-state index in [1.807, 2.05) is 0 Å². The van der Waals surface area contributed by atoms with E-state index in [1.54, 1.807) is 30.3 Å². The highest BCUT2D eigenvalue weighted by Gasteiger charge is 2.14. The number of hydrogen-bond acceptors (Lipinski definition) is 5. The predicted octanol–water partition coefficient (Wildman–Crippen LogP) is 3.61. The maximum atomic E-state index is 12.0. The van der Waals surface area contributed by atoms with Crippen molar-refractivity contribution >= 4 is 41.2 Å². The van der Waals surface area contributed by atoms with Gasteiger partial charge in [-0.3, -0.25) is 9.59 Å². The van der Waals surface area contributed by atoms with E-state index in [-0.39, 0.29) is 16.3 Å². The van der Waals surface area contributed by atoms with Gasteiger partial charge in [0.25, 0.3) is 0 Å². The molecular weight excluding hydrogens is 355 g/mol. The second kappa shape index (κ2) is 8.47. The molecule has 0 unspecified atom stereocenters. The number of esters is 1. The fourth-order valence-corrected chi connectivity index (χ4v) is 2.22. The van der Waals surface area contributed by atoms with Crippen molar-refractivity contribution < 1.29 is 23.9 Å². The van der Waals surface area contributed by atoms with Gasteiger partial charge in [0.15, 0.2) is 19.5 Å². The number of carbonyl (C=O) groups excluding carboxylic acids is 3. The summed E-state index contributed by atoms with van der Waals surface area (Å²) in [5, 5.41) is 0.569. The molecule has 0 N–H and O–H groups in total. The lowest BCUT2D eigenvalue weighted by Gasteiger charge is -2.09. The Hall–Kier alpha value is -2.37. The first kappa shape index (κ1) is 18.0. The molecule has 2 rings (SSSR count). The van der Waals surface area contributed by atoms with Crippen molar-refractivity contribution in [1.82, 2.24) is 0 Å². The third-order valence-electron chi connectivity index (χ3n) is 2.98. The molecule has 0 heterocycles. The van der Waals surface area contributed by atoms with Gasteiger partial charge in [-0.1, -0.05) is 35.3 Å². The van der Waals surface area contributed by atoms with Gasteiger partial charge in [-0.2, -0.15) is 0 Å². The first-order chi connectivity index (χ1) is 11.5. The molecule has 0 bridgehead atoms. The van der Waals surface area contributed by atoms with Crippen molar-refractivity contribution in [2.75, 3.05) is 13.2 Å². The van der Waals surface area contributed by atoms with Gasteiger partial charge in [0, 0.05) is 10.6 Å². The minimum absolute atomic E-state index is 0.171. The molecule has 0 aliphatic rings. The van der Waals surface area contributed by atoms with Gasteiger partial charge in [0.05, 0.1) is 10.6 Å². The smallest absolute Gasteiger partial charge is 0.344 e. The molecule has 0 saturated heterocycles. The lowest BCUT2D eigenvalue weighted by molar-refractivity contribution is -0.144. The summed E-state index contributed by atoms with van der Waals surface area (Å²) < 4.78 is 10.1. The van der Waals surface area contributed by atoms with Crippen LogP contribution in [0.2, 0.25) is 10.0 Å². The molecule has 0 aliphatic carbocycles. The summed E-state index contributed by atoms with van der Waals surface area (Å²) in [7, 11) is 0. The number of hydrogen-bond donors (Lipinski definition) is 0. The Morgan fingerprint density at radius 2 is 1.79 bits per heavy atom. The molecule has 0 fully saturated rings. The van der Waals surface area contributed by atoms with E-state index in [9.17, 15) is 14.4 Å². The minimum atomic E-state index is -0.748. The average molecular weight is 367 g/mol. The first-order valence-corrected chi connectivity index (χ1v) is 7.57. The fraction of sp³-hybridized carbons (Fsp3) is 0.118. The van der Waals surface area contributed by atoms with E-state index in [4.69, 9.17) is 32.7 Å². The highest BCUT2D eigenvalue weighted by Crippen LogP contribution is 2.21. The van der Waals surface area contributed by atoms with Crippen LogP contribution < -0.4 is 4.74 Å². The number of ketones is 1. The molecule has 0 aliphatic heterocycles. The number of rotatable bonds is 7. The van der Waals surface area contributed by atoms with Crippen LogP contribution in [0, 0.1) is 0 Å². The van der Waals surface area contributed by atoms with Crippen molar-refractivity contribution in [2.45, 2.75) is 0 Å². The van der Waals surface area contributed by atoms with Crippen LogP contribution in [0.25, 0.3) is 0 Å². The molecule has 0 atom stereocenters. The molecule has 24 heavy (non-hydrogen) atoms. The topological polar surface area (TPSA) is 69.7 Å². The van der Waals surface area contributed by atoms with Gasteiger partial charge in [-0.15, -0.1) is 0 Å². The third-order valence-corrected chi connectivity index (χ3v) is 3.55. The summed E-state index contributed by atoms with van der Waals surface area (Å²) in [5.74, 6) is -0.972. The zero-order chi connectivity index (χ0) is 17.5. The van der Waals surface area contributed by atoms with E-state index in [1.165, 1.54) is 12.1 Å². The zero-order valence-corrected chi connectivity index (χ0v) is 13.8. The highest BCUT2D eigenvalue weighted by molar-refractivity contribution is 6.36. The number of Topliss-reactive ketones (excluding diaryl/α,β-unsaturated/α-hetero) is 1. The summed E-state index contributed by atoms with van der Waals surface area (Å²) in [4.78, 5) is 34.5. The SMILES string of the molecule is O=Cc1ccccc1OCC(=O)OCC(=O)c1cc(Cl)ccc1Cl. The summed E-state index contributed by atoms with van der Waals surface area (Å²) in [6.07, 6.45) is 0.616. The van der Waals surface area contributed by atoms with Crippen LogP contribution in [-0.2, 0) is 9.53 Å². The van der Waals surface area contributed by atoms with Crippen LogP contribution in [0.4, 0.5) is 0 Å². The van der Waals surface area contributed by atoms with E-state index in [2.05, 4.69) is 0 Å². The standard InChI is InChI=1S/C17H12Cl2O5/c18-12-5-6-14(19)13(7-12)15(21)9-24-17(22)10-23-16-4-2-1-3-11(16)8-20/h1-8H,9-10H2. The molecule has 0 saturated carbocycles. The number of benzene rings is 2. The van der Waals surface area contributed by atoms with Crippen molar-refractivity contribution in [3.8, 4) is 5.75 Å². The van der Waals surface area contributed by atoms with E-state index in [0.29, 0.717) is 16.9 Å². The van der Waals surface area contributed by atoms with Gasteiger partial charge in [-0.25, -0.2) is 4.79 Å². The maximum absolute atomic E-state index is 12.0. The molecule has 0 spiro atoms. The first-order valence-electron chi connectivity index (χ1n) is 6.82. The van der Waals surface area contributed by atoms with Crippen molar-refractivity contribution in [3.05, 3.63) is 63.6 Å². The Morgan fingerprint density at radius 1 is 1.04 bits per heavy atom. The third kappa shape index (κ3) is 4.81. The number of para-hydroxylation sites is 1. The van der Waals surface area contributed by atoms with Gasteiger partial charge in [-0.05, 0) is 30.3 Å². The zero-order valence-electron chi connectivity index (χ0n) is 12.3. The lowest BCUT2D eigenvalue weighted by atomic mass is 10.1. The van der Waals surface area contributed by atoms with E-state index in [0.717, 1.165) is 0 Å². The predicted molar refractivity (Wildman–Crippen MR) is 89.1 cm³/mol. The number of aldehydes is 1. The number of halogens is 2. The molecule has 5 nitrogen and oxygen atoms in total. The summed E-state index contributed by atoms with van der Waals surface area (Å²) in [6.45, 7) is -0.918. The molecule has 0 aromatic heterocycles. The molecule has 124 valence electrons. The van der Waals surface area contributed by atoms with E-state index >= 15 is 0 Å². The normalized spacial score (nSPS) is 10.1. The lowest BCUT2D eigenvalue weighted by Crippen LogP contribution is -2.20. The summed E-state index contributed by atoms with van der Waals surface area (Å²) in [6, 6.07) is 10.9. The Kier molecular flexibility index (Phi) is 6.35. The molecule has 0 amide bonds. The molecule has 7 heteroatoms. The highest BCUT2D eigenvalue weighted by atomic mass is 35.5. The van der Waals surface area contributed by atoms with Gasteiger partial charge in [0.2, 0.25) is 5.78 Å². The van der Waals surface area contributed by atoms with Crippen LogP contribution in [0.1, 0.15) is 20.7 Å². The minimum Gasteiger partial charge on any atom is -0.481 e. The van der Waals surface area contributed by atoms with Crippen LogP contribution >= 0.6 is 23.2 Å². The maximum Gasteiger partial charge on any atom is 0.344 e. The molecular formula is C17H12Cl2O5. The van der Waals surface area contributed by atoms with Gasteiger partial charge in [0.1, 0.15) is 5.75 Å². The van der Waals surface area contributed by atoms with Crippen LogP contribution in [0.3, 0.4) is 0 Å². The number of carbonyl (C=O) groups is 3. The summed E-state index contributed by atoms with van der Waals surface area (Å²) in [5.41, 5.74) is 0.483. The Morgan fingerprint density at radius 3 is 2.54 bits per heavy atom. The van der Waals surface area contributed by atoms with Gasteiger partial charge < -0.3 is 9.47 Å². The Balaban J connectivity index is 1.88. The molecule has 0 radical (unpaired) electrons. The van der Waals surface area contributed by atoms with E-state index < -0.39 is 25.0 Å². The van der Waals surface area contributed by atoms with Crippen LogP contribution in [0.5, 0.6) is 5.75 Å². The largest absolute Gasteiger partial charge is 0.481 e. The average Bonchev–Trinajstić information content (AvgIpc) is 2.60. The van der Waals surface area contributed by atoms with Crippen LogP contribution in [-0.4, -0.2) is 31.3 Å². The van der Waals surface area contributed by atoms with Crippen LogP contribution in [0.15, 0.2) is 42.5 Å². The Labute approximate surface area is 148 Å². The monoisotopic (exact) mass is 366 g/mol. The second-order valence-corrected chi connectivity index (χ2v) is 5.50. The number of ether oxygens (including phenoxy) is 2. The molecule has 2 aromatic carbocycles. The van der Waals surface area contributed by atoms with Crippen molar-refractivity contribution in [3.63, 3.8) is 0 Å². The second-order valence-electron chi connectivity index (χ2n) is 4.65. The van der Waals surface area contributed by atoms with Crippen molar-refractivity contribution in [2.24, 2.45) is 0 Å². The Bertz CT molecular complexity index is 773. The fourth-order valence-electron chi connectivity index (χ4n) is 1.82. The molecule has 2 aromatic rings. The quantitative estimate of drug-likeness (QED) is 0.425. The van der Waals surface area contributed by atoms with Crippen molar-refractivity contribution in [1.29, 1.82) is 0 Å².